The lowest BCUT2D eigenvalue weighted by Gasteiger charge is -2.24. The summed E-state index contributed by atoms with van der Waals surface area (Å²) >= 11 is 1.27. The van der Waals surface area contributed by atoms with Crippen molar-refractivity contribution >= 4 is 29.2 Å². The van der Waals surface area contributed by atoms with Gasteiger partial charge < -0.3 is 14.8 Å². The van der Waals surface area contributed by atoms with E-state index in [1.807, 2.05) is 54.6 Å². The molecule has 1 aliphatic heterocycles. The van der Waals surface area contributed by atoms with Crippen LogP contribution >= 0.6 is 11.3 Å². The third kappa shape index (κ3) is 4.09. The van der Waals surface area contributed by atoms with Crippen molar-refractivity contribution in [3.8, 4) is 5.75 Å². The highest BCUT2D eigenvalue weighted by atomic mass is 32.1. The molecule has 0 saturated heterocycles. The maximum absolute atomic E-state index is 13.4. The van der Waals surface area contributed by atoms with Crippen LogP contribution in [0.25, 0.3) is 6.20 Å². The number of esters is 1. The molecular weight excluding hydrogens is 426 g/mol. The summed E-state index contributed by atoms with van der Waals surface area (Å²) in [6.07, 6.45) is 1.67. The molecule has 0 amide bonds. The fraction of sp³-hybridized carbons (Fsp3) is 0.208. The van der Waals surface area contributed by atoms with Crippen LogP contribution < -0.4 is 24.9 Å². The summed E-state index contributed by atoms with van der Waals surface area (Å²) in [5.41, 5.74) is 2.24. The van der Waals surface area contributed by atoms with E-state index in [0.717, 1.165) is 11.3 Å². The predicted octanol–water partition coefficient (Wildman–Crippen LogP) is 2.83. The first kappa shape index (κ1) is 21.6. The summed E-state index contributed by atoms with van der Waals surface area (Å²) in [6, 6.07) is 16.2. The van der Waals surface area contributed by atoms with E-state index >= 15 is 0 Å². The largest absolute Gasteiger partial charge is 0.497 e. The summed E-state index contributed by atoms with van der Waals surface area (Å²) < 4.78 is 12.7. The molecule has 0 aliphatic carbocycles. The number of ether oxygens (including phenoxy) is 2. The SMILES string of the molecule is CCOC(=O)C1=C(C)N=c2s/c(=C\Nc3ccccc3)c(=O)n2[C@@H]1c1cccc(OC)c1. The van der Waals surface area contributed by atoms with Crippen LogP contribution in [0.4, 0.5) is 5.69 Å². The first-order valence-electron chi connectivity index (χ1n) is 10.2. The first-order valence-corrected chi connectivity index (χ1v) is 11.0. The van der Waals surface area contributed by atoms with Gasteiger partial charge >= 0.3 is 5.97 Å². The molecule has 1 atom stereocenters. The molecule has 1 aliphatic rings. The summed E-state index contributed by atoms with van der Waals surface area (Å²) in [5, 5.41) is 3.15. The lowest BCUT2D eigenvalue weighted by Crippen LogP contribution is -2.40. The second kappa shape index (κ2) is 9.23. The highest BCUT2D eigenvalue weighted by molar-refractivity contribution is 7.07. The van der Waals surface area contributed by atoms with Gasteiger partial charge in [-0.05, 0) is 43.7 Å². The number of aromatic nitrogens is 1. The predicted molar refractivity (Wildman–Crippen MR) is 124 cm³/mol. The van der Waals surface area contributed by atoms with Gasteiger partial charge in [0.1, 0.15) is 10.3 Å². The molecule has 164 valence electrons. The lowest BCUT2D eigenvalue weighted by atomic mass is 9.95. The maximum atomic E-state index is 13.4. The van der Waals surface area contributed by atoms with Crippen LogP contribution in [0.5, 0.6) is 5.75 Å². The highest BCUT2D eigenvalue weighted by Crippen LogP contribution is 2.32. The van der Waals surface area contributed by atoms with Crippen molar-refractivity contribution in [3.05, 3.63) is 91.1 Å². The Morgan fingerprint density at radius 1 is 1.22 bits per heavy atom. The molecule has 2 aromatic carbocycles. The molecule has 1 aromatic heterocycles. The van der Waals surface area contributed by atoms with Crippen LogP contribution in [0.2, 0.25) is 0 Å². The summed E-state index contributed by atoms with van der Waals surface area (Å²) in [6.45, 7) is 3.74. The van der Waals surface area contributed by atoms with E-state index in [1.54, 1.807) is 31.7 Å². The summed E-state index contributed by atoms with van der Waals surface area (Å²) in [7, 11) is 1.58. The normalized spacial score (nSPS) is 15.7. The number of thiazole rings is 1. The molecule has 4 rings (SSSR count). The zero-order valence-electron chi connectivity index (χ0n) is 18.0. The fourth-order valence-electron chi connectivity index (χ4n) is 3.60. The molecule has 7 nitrogen and oxygen atoms in total. The van der Waals surface area contributed by atoms with E-state index in [0.29, 0.717) is 26.4 Å². The number of carbonyl (C=O) groups excluding carboxylic acids is 1. The Morgan fingerprint density at radius 3 is 2.72 bits per heavy atom. The molecule has 0 spiro atoms. The van der Waals surface area contributed by atoms with Gasteiger partial charge in [0.25, 0.3) is 5.56 Å². The van der Waals surface area contributed by atoms with Gasteiger partial charge in [-0.1, -0.05) is 41.7 Å². The Balaban J connectivity index is 1.89. The van der Waals surface area contributed by atoms with Gasteiger partial charge in [0.2, 0.25) is 0 Å². The van der Waals surface area contributed by atoms with Crippen molar-refractivity contribution < 1.29 is 14.3 Å². The Morgan fingerprint density at radius 2 is 2.00 bits per heavy atom. The minimum Gasteiger partial charge on any atom is -0.497 e. The molecule has 32 heavy (non-hydrogen) atoms. The van der Waals surface area contributed by atoms with Crippen LogP contribution in [-0.2, 0) is 9.53 Å². The molecule has 3 aromatic rings. The van der Waals surface area contributed by atoms with Crippen LogP contribution in [0.15, 0.2) is 75.7 Å². The van der Waals surface area contributed by atoms with Crippen LogP contribution in [-0.4, -0.2) is 24.3 Å². The number of benzene rings is 2. The van der Waals surface area contributed by atoms with Gasteiger partial charge in [0.15, 0.2) is 4.80 Å². The van der Waals surface area contributed by atoms with E-state index in [2.05, 4.69) is 10.3 Å². The number of nitrogens with zero attached hydrogens (tertiary/aromatic N) is 2. The average Bonchev–Trinajstić information content (AvgIpc) is 3.12. The molecule has 0 unspecified atom stereocenters. The molecule has 0 saturated carbocycles. The minimum absolute atomic E-state index is 0.228. The van der Waals surface area contributed by atoms with Crippen molar-refractivity contribution in [3.63, 3.8) is 0 Å². The molecule has 1 N–H and O–H groups in total. The number of para-hydroxylation sites is 1. The van der Waals surface area contributed by atoms with Crippen molar-refractivity contribution in [2.75, 3.05) is 19.0 Å². The van der Waals surface area contributed by atoms with Gasteiger partial charge in [0.05, 0.1) is 31.0 Å². The number of hydrogen-bond acceptors (Lipinski definition) is 7. The zero-order valence-corrected chi connectivity index (χ0v) is 18.8. The van der Waals surface area contributed by atoms with Crippen LogP contribution in [0.1, 0.15) is 25.5 Å². The summed E-state index contributed by atoms with van der Waals surface area (Å²) in [4.78, 5) is 31.4. The fourth-order valence-corrected chi connectivity index (χ4v) is 4.57. The van der Waals surface area contributed by atoms with Crippen molar-refractivity contribution in [1.29, 1.82) is 0 Å². The Kier molecular flexibility index (Phi) is 6.23. The Hall–Kier alpha value is -3.65. The van der Waals surface area contributed by atoms with Crippen LogP contribution in [0.3, 0.4) is 0 Å². The highest BCUT2D eigenvalue weighted by Gasteiger charge is 2.33. The number of fused-ring (bicyclic) bond motifs is 1. The van der Waals surface area contributed by atoms with Crippen molar-refractivity contribution in [2.45, 2.75) is 19.9 Å². The number of carbonyl (C=O) groups is 1. The Bertz CT molecular complexity index is 1360. The van der Waals surface area contributed by atoms with Gasteiger partial charge in [-0.25, -0.2) is 9.79 Å². The number of anilines is 1. The topological polar surface area (TPSA) is 81.9 Å². The quantitative estimate of drug-likeness (QED) is 0.586. The maximum Gasteiger partial charge on any atom is 0.338 e. The van der Waals surface area contributed by atoms with E-state index in [-0.39, 0.29) is 12.2 Å². The number of allylic oxidation sites excluding steroid dienone is 1. The number of methoxy groups -OCH3 is 1. The molecule has 8 heteroatoms. The third-order valence-corrected chi connectivity index (χ3v) is 6.05. The molecule has 2 heterocycles. The second-order valence-corrected chi connectivity index (χ2v) is 8.10. The van der Waals surface area contributed by atoms with E-state index in [1.165, 1.54) is 11.3 Å². The minimum atomic E-state index is -0.667. The molecule has 0 fully saturated rings. The average molecular weight is 450 g/mol. The number of hydrogen-bond donors (Lipinski definition) is 1. The number of nitrogens with one attached hydrogen (secondary N) is 1. The Labute approximate surface area is 189 Å². The van der Waals surface area contributed by atoms with Crippen molar-refractivity contribution in [1.82, 2.24) is 4.57 Å². The van der Waals surface area contributed by atoms with Gasteiger partial charge in [-0.2, -0.15) is 0 Å². The van der Waals surface area contributed by atoms with Gasteiger partial charge in [0, 0.05) is 11.9 Å². The second-order valence-electron chi connectivity index (χ2n) is 7.09. The standard InChI is InChI=1S/C24H23N3O4S/c1-4-31-23(29)20-15(2)26-24-27(21(20)16-9-8-12-18(13-16)30-3)22(28)19(32-24)14-25-17-10-6-5-7-11-17/h5-14,21,25H,4H2,1-3H3/b19-14-/t21-/m1/s1. The van der Waals surface area contributed by atoms with E-state index < -0.39 is 12.0 Å². The third-order valence-electron chi connectivity index (χ3n) is 5.07. The monoisotopic (exact) mass is 449 g/mol. The van der Waals surface area contributed by atoms with Gasteiger partial charge in [-0.3, -0.25) is 9.36 Å². The molecular formula is C24H23N3O4S. The summed E-state index contributed by atoms with van der Waals surface area (Å²) in [5.74, 6) is 0.145. The molecule has 0 radical (unpaired) electrons. The lowest BCUT2D eigenvalue weighted by molar-refractivity contribution is -0.139. The zero-order chi connectivity index (χ0) is 22.7. The molecule has 0 bridgehead atoms. The smallest absolute Gasteiger partial charge is 0.338 e. The van der Waals surface area contributed by atoms with Crippen LogP contribution in [0, 0.1) is 0 Å². The first-order chi connectivity index (χ1) is 15.5. The number of rotatable bonds is 6. The van der Waals surface area contributed by atoms with E-state index in [4.69, 9.17) is 9.47 Å². The van der Waals surface area contributed by atoms with Crippen molar-refractivity contribution in [2.24, 2.45) is 4.99 Å². The van der Waals surface area contributed by atoms with E-state index in [9.17, 15) is 9.59 Å². The van der Waals surface area contributed by atoms with Gasteiger partial charge in [-0.15, -0.1) is 0 Å².